The number of hydrogen-bond donors (Lipinski definition) is 1. The lowest BCUT2D eigenvalue weighted by atomic mass is 10.1. The Bertz CT molecular complexity index is 1110. The normalized spacial score (nSPS) is 15.5. The molecule has 8 nitrogen and oxygen atoms in total. The Morgan fingerprint density at radius 3 is 2.61 bits per heavy atom. The molecule has 0 saturated carbocycles. The second-order valence-corrected chi connectivity index (χ2v) is 8.19. The number of para-hydroxylation sites is 1. The number of aryl methyl sites for hydroxylation is 2. The third kappa shape index (κ3) is 5.33. The van der Waals surface area contributed by atoms with Crippen molar-refractivity contribution in [1.82, 2.24) is 25.1 Å². The molecule has 12 heteroatoms. The van der Waals surface area contributed by atoms with Crippen LogP contribution >= 0.6 is 12.2 Å². The fourth-order valence-corrected chi connectivity index (χ4v) is 4.07. The van der Waals surface area contributed by atoms with Gasteiger partial charge in [-0.3, -0.25) is 4.90 Å². The minimum absolute atomic E-state index is 0.0465. The predicted octanol–water partition coefficient (Wildman–Crippen LogP) is 4.26. The fourth-order valence-electron chi connectivity index (χ4n) is 3.77. The summed E-state index contributed by atoms with van der Waals surface area (Å²) in [4.78, 5) is 8.51. The Morgan fingerprint density at radius 2 is 1.88 bits per heavy atom. The summed E-state index contributed by atoms with van der Waals surface area (Å²) in [6, 6.07) is 5.32. The van der Waals surface area contributed by atoms with Crippen LogP contribution in [-0.4, -0.2) is 56.4 Å². The van der Waals surface area contributed by atoms with Gasteiger partial charge in [0.15, 0.2) is 10.9 Å². The lowest BCUT2D eigenvalue weighted by Crippen LogP contribution is -2.38. The summed E-state index contributed by atoms with van der Waals surface area (Å²) in [7, 11) is 0. The van der Waals surface area contributed by atoms with E-state index in [-0.39, 0.29) is 10.8 Å². The average molecular weight is 481 g/mol. The Balaban J connectivity index is 1.36. The number of hydrogen-bond acceptors (Lipinski definition) is 7. The number of thiocarbonyl (C=S) groups is 1. The zero-order valence-electron chi connectivity index (χ0n) is 18.1. The molecule has 0 radical (unpaired) electrons. The predicted molar refractivity (Wildman–Crippen MR) is 118 cm³/mol. The molecule has 0 bridgehead atoms. The molecule has 0 atom stereocenters. The molecule has 176 valence electrons. The first-order valence-corrected chi connectivity index (χ1v) is 10.8. The van der Waals surface area contributed by atoms with E-state index in [9.17, 15) is 13.2 Å². The fraction of sp³-hybridized carbons (Fsp3) is 0.429. The number of nitrogens with zero attached hydrogens (tertiary/aromatic N) is 5. The number of aromatic nitrogens is 3. The summed E-state index contributed by atoms with van der Waals surface area (Å²) in [6.07, 6.45) is -3.67. The van der Waals surface area contributed by atoms with Gasteiger partial charge in [0.25, 0.3) is 5.89 Å². The van der Waals surface area contributed by atoms with Gasteiger partial charge in [-0.25, -0.2) is 0 Å². The van der Waals surface area contributed by atoms with Crippen LogP contribution < -0.4 is 5.32 Å². The van der Waals surface area contributed by atoms with Gasteiger partial charge < -0.3 is 19.3 Å². The van der Waals surface area contributed by atoms with E-state index in [4.69, 9.17) is 21.3 Å². The highest BCUT2D eigenvalue weighted by atomic mass is 32.1. The van der Waals surface area contributed by atoms with Crippen molar-refractivity contribution in [2.24, 2.45) is 0 Å². The maximum Gasteiger partial charge on any atom is 0.418 e. The summed E-state index contributed by atoms with van der Waals surface area (Å²) >= 11 is 5.41. The van der Waals surface area contributed by atoms with Crippen molar-refractivity contribution in [1.29, 1.82) is 0 Å². The van der Waals surface area contributed by atoms with Crippen molar-refractivity contribution in [2.75, 3.05) is 31.5 Å². The van der Waals surface area contributed by atoms with Crippen LogP contribution in [0, 0.1) is 13.8 Å². The smallest absolute Gasteiger partial charge is 0.361 e. The lowest BCUT2D eigenvalue weighted by molar-refractivity contribution is -0.136. The molecule has 0 unspecified atom stereocenters. The quantitative estimate of drug-likeness (QED) is 0.551. The van der Waals surface area contributed by atoms with Crippen molar-refractivity contribution in [3.05, 3.63) is 47.1 Å². The van der Waals surface area contributed by atoms with Crippen LogP contribution in [0.15, 0.2) is 33.3 Å². The second kappa shape index (κ2) is 9.48. The number of rotatable bonds is 4. The molecular formula is C21H23F3N6O2S. The van der Waals surface area contributed by atoms with Crippen LogP contribution in [-0.2, 0) is 12.7 Å². The Hall–Kier alpha value is -2.99. The summed E-state index contributed by atoms with van der Waals surface area (Å²) in [5, 5.41) is 11.0. The standard InChI is InChI=1S/C21H23F3N6O2S/c1-13-18(14(2)31-27-13)19-26-17(28-32-19)12-29-8-5-9-30(11-10-29)20(33)25-16-7-4-3-6-15(16)21(22,23)24/h3-4,6-7H,5,8-12H2,1-2H3,(H,25,33). The highest BCUT2D eigenvalue weighted by Gasteiger charge is 2.33. The van der Waals surface area contributed by atoms with E-state index in [1.54, 1.807) is 13.0 Å². The van der Waals surface area contributed by atoms with Crippen molar-refractivity contribution in [3.8, 4) is 11.5 Å². The summed E-state index contributed by atoms with van der Waals surface area (Å²) in [5.41, 5.74) is 0.595. The van der Waals surface area contributed by atoms with Crippen molar-refractivity contribution in [3.63, 3.8) is 0 Å². The van der Waals surface area contributed by atoms with Gasteiger partial charge in [0, 0.05) is 26.2 Å². The highest BCUT2D eigenvalue weighted by Crippen LogP contribution is 2.34. The molecule has 0 aliphatic carbocycles. The second-order valence-electron chi connectivity index (χ2n) is 7.81. The van der Waals surface area contributed by atoms with E-state index >= 15 is 0 Å². The molecule has 1 aliphatic heterocycles. The molecule has 1 saturated heterocycles. The van der Waals surface area contributed by atoms with E-state index < -0.39 is 11.7 Å². The molecule has 1 fully saturated rings. The summed E-state index contributed by atoms with van der Waals surface area (Å²) in [5.74, 6) is 1.52. The van der Waals surface area contributed by atoms with Crippen LogP contribution in [0.2, 0.25) is 0 Å². The van der Waals surface area contributed by atoms with E-state index in [1.807, 2.05) is 11.8 Å². The van der Waals surface area contributed by atoms with E-state index in [0.29, 0.717) is 54.9 Å². The van der Waals surface area contributed by atoms with Gasteiger partial charge in [0.1, 0.15) is 11.3 Å². The van der Waals surface area contributed by atoms with E-state index in [0.717, 1.165) is 19.0 Å². The molecule has 3 heterocycles. The zero-order valence-corrected chi connectivity index (χ0v) is 19.0. The number of benzene rings is 1. The first-order valence-electron chi connectivity index (χ1n) is 10.4. The van der Waals surface area contributed by atoms with Crippen molar-refractivity contribution < 1.29 is 22.2 Å². The van der Waals surface area contributed by atoms with Crippen LogP contribution in [0.3, 0.4) is 0 Å². The van der Waals surface area contributed by atoms with Gasteiger partial charge in [-0.2, -0.15) is 18.2 Å². The largest absolute Gasteiger partial charge is 0.418 e. The number of nitrogens with one attached hydrogen (secondary N) is 1. The average Bonchev–Trinajstić information content (AvgIpc) is 3.25. The molecule has 1 N–H and O–H groups in total. The molecule has 4 rings (SSSR count). The highest BCUT2D eigenvalue weighted by molar-refractivity contribution is 7.80. The molecule has 1 aromatic carbocycles. The molecule has 0 amide bonds. The van der Waals surface area contributed by atoms with E-state index in [2.05, 4.69) is 25.5 Å². The van der Waals surface area contributed by atoms with Crippen molar-refractivity contribution >= 4 is 23.0 Å². The summed E-state index contributed by atoms with van der Waals surface area (Å²) < 4.78 is 50.3. The van der Waals surface area contributed by atoms with Gasteiger partial charge in [-0.05, 0) is 44.6 Å². The van der Waals surface area contributed by atoms with Crippen LogP contribution in [0.25, 0.3) is 11.5 Å². The molecule has 33 heavy (non-hydrogen) atoms. The molecule has 0 spiro atoms. The zero-order chi connectivity index (χ0) is 23.6. The van der Waals surface area contributed by atoms with Crippen molar-refractivity contribution in [2.45, 2.75) is 33.0 Å². The minimum Gasteiger partial charge on any atom is -0.361 e. The summed E-state index contributed by atoms with van der Waals surface area (Å²) in [6.45, 7) is 6.70. The molecule has 3 aromatic rings. The van der Waals surface area contributed by atoms with Crippen LogP contribution in [0.4, 0.5) is 18.9 Å². The molecular weight excluding hydrogens is 457 g/mol. The number of alkyl halides is 3. The topological polar surface area (TPSA) is 83.5 Å². The number of anilines is 1. The van der Waals surface area contributed by atoms with Gasteiger partial charge >= 0.3 is 6.18 Å². The Kier molecular flexibility index (Phi) is 6.66. The van der Waals surface area contributed by atoms with E-state index in [1.165, 1.54) is 12.1 Å². The van der Waals surface area contributed by atoms with Crippen LogP contribution in [0.1, 0.15) is 29.3 Å². The molecule has 2 aromatic heterocycles. The SMILES string of the molecule is Cc1noc(C)c1-c1nc(CN2CCCN(C(=S)Nc3ccccc3C(F)(F)F)CC2)no1. The Labute approximate surface area is 193 Å². The lowest BCUT2D eigenvalue weighted by Gasteiger charge is -2.25. The van der Waals surface area contributed by atoms with Gasteiger partial charge in [-0.1, -0.05) is 22.4 Å². The van der Waals surface area contributed by atoms with Crippen LogP contribution in [0.5, 0.6) is 0 Å². The van der Waals surface area contributed by atoms with Gasteiger partial charge in [-0.15, -0.1) is 0 Å². The van der Waals surface area contributed by atoms with Gasteiger partial charge in [0.2, 0.25) is 0 Å². The third-order valence-electron chi connectivity index (χ3n) is 5.43. The third-order valence-corrected chi connectivity index (χ3v) is 5.79. The minimum atomic E-state index is -4.46. The first-order chi connectivity index (χ1) is 15.7. The number of halogens is 3. The maximum atomic E-state index is 13.3. The Morgan fingerprint density at radius 1 is 1.09 bits per heavy atom. The van der Waals surface area contributed by atoms with Gasteiger partial charge in [0.05, 0.1) is 23.5 Å². The monoisotopic (exact) mass is 480 g/mol. The maximum absolute atomic E-state index is 13.3. The first kappa shape index (κ1) is 23.2. The molecule has 1 aliphatic rings.